The molecule has 4 heteroatoms. The quantitative estimate of drug-likeness (QED) is 0.742. The highest BCUT2D eigenvalue weighted by molar-refractivity contribution is 5.67. The van der Waals surface area contributed by atoms with Crippen LogP contribution < -0.4 is 0 Å². The Hall–Kier alpha value is -2.02. The zero-order chi connectivity index (χ0) is 16.7. The van der Waals surface area contributed by atoms with Gasteiger partial charge in [0, 0.05) is 13.1 Å². The molecule has 1 amide bonds. The molecule has 124 valence electrons. The van der Waals surface area contributed by atoms with E-state index in [0.29, 0.717) is 19.4 Å². The van der Waals surface area contributed by atoms with Gasteiger partial charge < -0.3 is 9.64 Å². The molecule has 1 aromatic carbocycles. The Morgan fingerprint density at radius 2 is 1.96 bits per heavy atom. The fraction of sp³-hybridized carbons (Fsp3) is 0.579. The van der Waals surface area contributed by atoms with Crippen LogP contribution >= 0.6 is 0 Å². The second-order valence-electron chi connectivity index (χ2n) is 6.52. The van der Waals surface area contributed by atoms with Gasteiger partial charge in [-0.05, 0) is 37.2 Å². The molecule has 1 aliphatic rings. The van der Waals surface area contributed by atoms with Crippen molar-refractivity contribution in [2.75, 3.05) is 19.7 Å². The van der Waals surface area contributed by atoms with Crippen molar-refractivity contribution in [2.45, 2.75) is 44.9 Å². The molecule has 0 saturated carbocycles. The van der Waals surface area contributed by atoms with Crippen LogP contribution in [0.15, 0.2) is 30.3 Å². The molecule has 0 aliphatic carbocycles. The van der Waals surface area contributed by atoms with E-state index >= 15 is 0 Å². The fourth-order valence-electron chi connectivity index (χ4n) is 3.25. The highest BCUT2D eigenvalue weighted by Gasteiger charge is 2.35. The molecule has 0 spiro atoms. The Morgan fingerprint density at radius 1 is 1.30 bits per heavy atom. The third-order valence-corrected chi connectivity index (χ3v) is 4.78. The lowest BCUT2D eigenvalue weighted by atomic mass is 9.70. The fourth-order valence-corrected chi connectivity index (χ4v) is 3.25. The van der Waals surface area contributed by atoms with E-state index in [-0.39, 0.29) is 12.0 Å². The van der Waals surface area contributed by atoms with Crippen molar-refractivity contribution in [3.63, 3.8) is 0 Å². The van der Waals surface area contributed by atoms with Crippen molar-refractivity contribution in [2.24, 2.45) is 5.92 Å². The molecule has 2 rings (SSSR count). The van der Waals surface area contributed by atoms with Gasteiger partial charge >= 0.3 is 6.09 Å². The summed E-state index contributed by atoms with van der Waals surface area (Å²) >= 11 is 0. The van der Waals surface area contributed by atoms with Crippen LogP contribution in [0.2, 0.25) is 0 Å². The highest BCUT2D eigenvalue weighted by atomic mass is 16.6. The number of hydrogen-bond acceptors (Lipinski definition) is 3. The van der Waals surface area contributed by atoms with Crippen LogP contribution in [0.25, 0.3) is 0 Å². The Labute approximate surface area is 139 Å². The molecule has 1 heterocycles. The van der Waals surface area contributed by atoms with E-state index in [9.17, 15) is 10.1 Å². The third-order valence-electron chi connectivity index (χ3n) is 4.78. The minimum atomic E-state index is -0.526. The lowest BCUT2D eigenvalue weighted by Crippen LogP contribution is -2.32. The maximum atomic E-state index is 11.9. The molecule has 0 aromatic heterocycles. The van der Waals surface area contributed by atoms with E-state index in [2.05, 4.69) is 19.9 Å². The van der Waals surface area contributed by atoms with Gasteiger partial charge in [0.2, 0.25) is 0 Å². The van der Waals surface area contributed by atoms with E-state index < -0.39 is 5.41 Å². The first kappa shape index (κ1) is 17.3. The molecule has 1 fully saturated rings. The molecule has 0 N–H and O–H groups in total. The standard InChI is InChI=1S/C19H26N2O2/c1-16(2)19(15-20,17-9-4-3-5-10-17)11-8-14-23-18(22)21-12-6-7-13-21/h3-5,9-10,16H,6-8,11-14H2,1-2H3. The lowest BCUT2D eigenvalue weighted by Gasteiger charge is -2.31. The van der Waals surface area contributed by atoms with E-state index in [1.54, 1.807) is 4.90 Å². The SMILES string of the molecule is CC(C)C(C#N)(CCCOC(=O)N1CCCC1)c1ccccc1. The van der Waals surface area contributed by atoms with Crippen molar-refractivity contribution in [1.29, 1.82) is 5.26 Å². The maximum Gasteiger partial charge on any atom is 0.409 e. The summed E-state index contributed by atoms with van der Waals surface area (Å²) in [5.41, 5.74) is 0.518. The predicted molar refractivity (Wildman–Crippen MR) is 90.0 cm³/mol. The van der Waals surface area contributed by atoms with Gasteiger partial charge in [0.1, 0.15) is 0 Å². The summed E-state index contributed by atoms with van der Waals surface area (Å²) in [6.45, 7) is 6.13. The summed E-state index contributed by atoms with van der Waals surface area (Å²) in [5.74, 6) is 0.198. The van der Waals surface area contributed by atoms with Crippen molar-refractivity contribution < 1.29 is 9.53 Å². The van der Waals surface area contributed by atoms with Crippen LogP contribution in [0, 0.1) is 17.2 Å². The summed E-state index contributed by atoms with van der Waals surface area (Å²) in [7, 11) is 0. The summed E-state index contributed by atoms with van der Waals surface area (Å²) in [6, 6.07) is 12.5. The zero-order valence-corrected chi connectivity index (χ0v) is 14.1. The second-order valence-corrected chi connectivity index (χ2v) is 6.52. The molecule has 1 atom stereocenters. The number of rotatable bonds is 6. The van der Waals surface area contributed by atoms with Crippen LogP contribution in [0.5, 0.6) is 0 Å². The summed E-state index contributed by atoms with van der Waals surface area (Å²) in [4.78, 5) is 13.6. The molecule has 1 aliphatic heterocycles. The van der Waals surface area contributed by atoms with Gasteiger partial charge in [-0.2, -0.15) is 5.26 Å². The molecule has 4 nitrogen and oxygen atoms in total. The molecular weight excluding hydrogens is 288 g/mol. The van der Waals surface area contributed by atoms with Crippen molar-refractivity contribution in [3.05, 3.63) is 35.9 Å². The van der Waals surface area contributed by atoms with Crippen molar-refractivity contribution in [3.8, 4) is 6.07 Å². The van der Waals surface area contributed by atoms with Gasteiger partial charge in [-0.25, -0.2) is 4.79 Å². The Balaban J connectivity index is 1.92. The van der Waals surface area contributed by atoms with Gasteiger partial charge in [0.05, 0.1) is 18.1 Å². The highest BCUT2D eigenvalue weighted by Crippen LogP contribution is 2.36. The molecule has 1 unspecified atom stereocenters. The molecule has 0 bridgehead atoms. The van der Waals surface area contributed by atoms with Crippen LogP contribution in [-0.2, 0) is 10.2 Å². The smallest absolute Gasteiger partial charge is 0.409 e. The molecule has 23 heavy (non-hydrogen) atoms. The number of likely N-dealkylation sites (tertiary alicyclic amines) is 1. The minimum Gasteiger partial charge on any atom is -0.449 e. The minimum absolute atomic E-state index is 0.198. The first-order valence-corrected chi connectivity index (χ1v) is 8.48. The van der Waals surface area contributed by atoms with E-state index in [0.717, 1.165) is 31.5 Å². The Kier molecular flexibility index (Phi) is 6.04. The second kappa shape index (κ2) is 8.01. The largest absolute Gasteiger partial charge is 0.449 e. The Morgan fingerprint density at radius 3 is 2.52 bits per heavy atom. The van der Waals surface area contributed by atoms with Crippen molar-refractivity contribution in [1.82, 2.24) is 4.90 Å². The molecule has 0 radical (unpaired) electrons. The topological polar surface area (TPSA) is 53.3 Å². The van der Waals surface area contributed by atoms with E-state index in [1.165, 1.54) is 0 Å². The maximum absolute atomic E-state index is 11.9. The first-order chi connectivity index (χ1) is 11.1. The number of ether oxygens (including phenoxy) is 1. The van der Waals surface area contributed by atoms with Crippen LogP contribution in [0.1, 0.15) is 45.1 Å². The average molecular weight is 314 g/mol. The normalized spacial score (nSPS) is 16.9. The van der Waals surface area contributed by atoms with Gasteiger partial charge in [-0.15, -0.1) is 0 Å². The average Bonchev–Trinajstić information content (AvgIpc) is 3.10. The number of carbonyl (C=O) groups is 1. The molecule has 1 aromatic rings. The number of carbonyl (C=O) groups excluding carboxylic acids is 1. The summed E-state index contributed by atoms with van der Waals surface area (Å²) in [5, 5.41) is 9.82. The number of benzene rings is 1. The predicted octanol–water partition coefficient (Wildman–Crippen LogP) is 4.12. The van der Waals surface area contributed by atoms with Crippen molar-refractivity contribution >= 4 is 6.09 Å². The lowest BCUT2D eigenvalue weighted by molar-refractivity contribution is 0.106. The summed E-state index contributed by atoms with van der Waals surface area (Å²) in [6.07, 6.45) is 3.30. The monoisotopic (exact) mass is 314 g/mol. The molecule has 1 saturated heterocycles. The summed E-state index contributed by atoms with van der Waals surface area (Å²) < 4.78 is 5.36. The first-order valence-electron chi connectivity index (χ1n) is 8.48. The third kappa shape index (κ3) is 4.04. The van der Waals surface area contributed by atoms with Gasteiger partial charge in [-0.1, -0.05) is 44.2 Å². The van der Waals surface area contributed by atoms with E-state index in [4.69, 9.17) is 4.74 Å². The molecular formula is C19H26N2O2. The van der Waals surface area contributed by atoms with Gasteiger partial charge in [0.15, 0.2) is 0 Å². The van der Waals surface area contributed by atoms with Gasteiger partial charge in [-0.3, -0.25) is 0 Å². The number of hydrogen-bond donors (Lipinski definition) is 0. The van der Waals surface area contributed by atoms with Crippen LogP contribution in [0.3, 0.4) is 0 Å². The van der Waals surface area contributed by atoms with E-state index in [1.807, 2.05) is 30.3 Å². The number of nitriles is 1. The number of nitrogens with zero attached hydrogens (tertiary/aromatic N) is 2. The number of amides is 1. The van der Waals surface area contributed by atoms with Crippen LogP contribution in [-0.4, -0.2) is 30.7 Å². The zero-order valence-electron chi connectivity index (χ0n) is 14.1. The Bertz CT molecular complexity index is 544. The van der Waals surface area contributed by atoms with Crippen LogP contribution in [0.4, 0.5) is 4.79 Å². The van der Waals surface area contributed by atoms with Gasteiger partial charge in [0.25, 0.3) is 0 Å².